The molecule has 0 saturated carbocycles. The quantitative estimate of drug-likeness (QED) is 0.653. The lowest BCUT2D eigenvalue weighted by molar-refractivity contribution is 1.14. The van der Waals surface area contributed by atoms with Crippen LogP contribution < -0.4 is 0 Å². The van der Waals surface area contributed by atoms with Crippen LogP contribution in [0.4, 0.5) is 0 Å². The Kier molecular flexibility index (Phi) is 3.15. The molecule has 0 saturated heterocycles. The lowest BCUT2D eigenvalue weighted by atomic mass is 10.1. The molecule has 0 aliphatic carbocycles. The summed E-state index contributed by atoms with van der Waals surface area (Å²) in [4.78, 5) is 0. The van der Waals surface area contributed by atoms with Crippen molar-refractivity contribution in [3.8, 4) is 0 Å². The van der Waals surface area contributed by atoms with E-state index in [1.807, 2.05) is 0 Å². The van der Waals surface area contributed by atoms with E-state index >= 15 is 0 Å². The van der Waals surface area contributed by atoms with Gasteiger partial charge in [-0.15, -0.1) is 0 Å². The summed E-state index contributed by atoms with van der Waals surface area (Å²) >= 11 is 17.4. The van der Waals surface area contributed by atoms with Crippen LogP contribution in [-0.2, 0) is 6.42 Å². The van der Waals surface area contributed by atoms with Gasteiger partial charge in [0.05, 0.1) is 15.1 Å². The van der Waals surface area contributed by atoms with E-state index in [4.69, 9.17) is 36.2 Å². The van der Waals surface area contributed by atoms with Crippen LogP contribution in [0.2, 0.25) is 15.1 Å². The van der Waals surface area contributed by atoms with Crippen LogP contribution in [0.15, 0.2) is 12.1 Å². The molecule has 12 heavy (non-hydrogen) atoms. The average molecular weight is 225 g/mol. The van der Waals surface area contributed by atoms with Crippen molar-refractivity contribution in [2.24, 2.45) is 0 Å². The molecular weight excluding hydrogens is 214 g/mol. The van der Waals surface area contributed by atoms with Crippen molar-refractivity contribution in [2.75, 3.05) is 0 Å². The van der Waals surface area contributed by atoms with Gasteiger partial charge < -0.3 is 0 Å². The fraction of sp³-hybridized carbons (Fsp3) is 0.222. The van der Waals surface area contributed by atoms with Crippen molar-refractivity contribution in [1.82, 2.24) is 0 Å². The maximum atomic E-state index is 7.31. The molecule has 1 aromatic carbocycles. The minimum Gasteiger partial charge on any atom is -0.0826 e. The minimum atomic E-state index is 0.370. The second-order valence-electron chi connectivity index (χ2n) is 2.40. The molecule has 0 nitrogen and oxygen atoms in total. The first-order chi connectivity index (χ1) is 6.00. The lowest BCUT2D eigenvalue weighted by Crippen LogP contribution is -1.84. The molecule has 0 spiro atoms. The van der Waals surface area contributed by atoms with Crippen LogP contribution in [0, 0.1) is 6.40 Å². The van der Waals surface area contributed by atoms with E-state index in [-0.39, 0.29) is 0 Å². The van der Waals surface area contributed by atoms with Gasteiger partial charge in [0.15, 0.2) is 0 Å². The van der Waals surface area contributed by atoms with Crippen LogP contribution in [0.25, 0.3) is 0 Å². The van der Waals surface area contributed by atoms with Crippen molar-refractivity contribution in [3.63, 3.8) is 0 Å². The highest BCUT2D eigenvalue weighted by molar-refractivity contribution is 6.48. The molecule has 1 radical (unpaired) electrons. The van der Waals surface area contributed by atoms with Crippen molar-refractivity contribution < 1.29 is 1.37 Å². The maximum absolute atomic E-state index is 7.31. The SMILES string of the molecule is [3H][C](C)Cc1cc(Cl)c(Cl)c(Cl)c1. The van der Waals surface area contributed by atoms with Crippen molar-refractivity contribution in [1.29, 1.82) is 0 Å². The standard InChI is InChI=1S/C9H8Cl3/c1-2-3-6-4-7(10)9(12)8(11)5-6/h2,4-5H,3H2,1H3/i2T. The zero-order valence-corrected chi connectivity index (χ0v) is 8.76. The fourth-order valence-corrected chi connectivity index (χ4v) is 1.56. The fourth-order valence-electron chi connectivity index (χ4n) is 0.914. The molecule has 3 heteroatoms. The Hall–Kier alpha value is 0.0900. The number of halogens is 3. The van der Waals surface area contributed by atoms with Crippen molar-refractivity contribution in [2.45, 2.75) is 13.3 Å². The van der Waals surface area contributed by atoms with E-state index in [0.29, 0.717) is 27.9 Å². The van der Waals surface area contributed by atoms with Crippen molar-refractivity contribution >= 4 is 34.8 Å². The summed E-state index contributed by atoms with van der Waals surface area (Å²) in [5, 5.41) is 1.24. The molecule has 0 aliphatic rings. The Morgan fingerprint density at radius 3 is 2.25 bits per heavy atom. The van der Waals surface area contributed by atoms with E-state index in [1.54, 1.807) is 19.1 Å². The second-order valence-corrected chi connectivity index (χ2v) is 3.60. The first-order valence-electron chi connectivity index (χ1n) is 3.93. The topological polar surface area (TPSA) is 0 Å². The van der Waals surface area contributed by atoms with Gasteiger partial charge in [-0.3, -0.25) is 0 Å². The third-order valence-electron chi connectivity index (χ3n) is 1.42. The minimum absolute atomic E-state index is 0.370. The lowest BCUT2D eigenvalue weighted by Gasteiger charge is -2.03. The van der Waals surface area contributed by atoms with E-state index in [0.717, 1.165) is 5.56 Å². The molecule has 0 atom stereocenters. The molecule has 0 aromatic heterocycles. The van der Waals surface area contributed by atoms with E-state index in [2.05, 4.69) is 0 Å². The molecule has 0 aliphatic heterocycles. The molecular formula is C9H8Cl3. The largest absolute Gasteiger partial charge is 0.0826 e. The van der Waals surface area contributed by atoms with Crippen LogP contribution in [0.5, 0.6) is 0 Å². The van der Waals surface area contributed by atoms with Gasteiger partial charge in [-0.05, 0) is 30.5 Å². The zero-order valence-electron chi connectivity index (χ0n) is 7.50. The monoisotopic (exact) mass is 223 g/mol. The van der Waals surface area contributed by atoms with Gasteiger partial charge >= 0.3 is 0 Å². The van der Waals surface area contributed by atoms with Gasteiger partial charge in [-0.1, -0.05) is 41.7 Å². The predicted molar refractivity (Wildman–Crippen MR) is 55.2 cm³/mol. The van der Waals surface area contributed by atoms with E-state index in [9.17, 15) is 0 Å². The molecule has 0 unspecified atom stereocenters. The summed E-state index contributed by atoms with van der Waals surface area (Å²) in [6, 6.07) is 3.46. The summed E-state index contributed by atoms with van der Waals surface area (Å²) in [5.74, 6) is 0. The predicted octanol–water partition coefficient (Wildman–Crippen LogP) is 4.41. The molecule has 1 aromatic rings. The van der Waals surface area contributed by atoms with Gasteiger partial charge in [-0.2, -0.15) is 0 Å². The Labute approximate surface area is 88.8 Å². The highest BCUT2D eigenvalue weighted by Gasteiger charge is 2.04. The molecule has 0 bridgehead atoms. The van der Waals surface area contributed by atoms with Gasteiger partial charge in [0.1, 0.15) is 0 Å². The summed E-state index contributed by atoms with van der Waals surface area (Å²) in [6.45, 7) is 1.73. The van der Waals surface area contributed by atoms with E-state index < -0.39 is 0 Å². The number of rotatable bonds is 2. The van der Waals surface area contributed by atoms with Crippen LogP contribution in [-0.4, -0.2) is 0 Å². The third kappa shape index (κ3) is 2.29. The highest BCUT2D eigenvalue weighted by atomic mass is 35.5. The average Bonchev–Trinajstić information content (AvgIpc) is 1.98. The summed E-state index contributed by atoms with van der Waals surface area (Å²) in [6.07, 6.45) is 1.12. The Bertz CT molecular complexity index is 287. The molecule has 0 amide bonds. The first-order valence-corrected chi connectivity index (χ1v) is 4.56. The Morgan fingerprint density at radius 2 is 1.83 bits per heavy atom. The zero-order chi connectivity index (χ0) is 10.0. The van der Waals surface area contributed by atoms with Gasteiger partial charge in [0, 0.05) is 1.37 Å². The van der Waals surface area contributed by atoms with Gasteiger partial charge in [0.2, 0.25) is 0 Å². The highest BCUT2D eigenvalue weighted by Crippen LogP contribution is 2.31. The van der Waals surface area contributed by atoms with Gasteiger partial charge in [0.25, 0.3) is 0 Å². The summed E-state index contributed by atoms with van der Waals surface area (Å²) in [5.41, 5.74) is 0.909. The first kappa shape index (κ1) is 8.68. The number of hydrogen-bond donors (Lipinski definition) is 0. The molecule has 65 valence electrons. The molecule has 0 heterocycles. The van der Waals surface area contributed by atoms with Crippen molar-refractivity contribution in [3.05, 3.63) is 39.2 Å². The molecule has 0 fully saturated rings. The normalized spacial score (nSPS) is 11.9. The van der Waals surface area contributed by atoms with Crippen LogP contribution >= 0.6 is 34.8 Å². The molecule has 0 N–H and O–H groups in total. The maximum Gasteiger partial charge on any atom is 0.0778 e. The number of hydrogen-bond acceptors (Lipinski definition) is 0. The van der Waals surface area contributed by atoms with Crippen LogP contribution in [0.1, 0.15) is 13.9 Å². The Balaban J connectivity index is 2.99. The van der Waals surface area contributed by atoms with Gasteiger partial charge in [-0.25, -0.2) is 0 Å². The summed E-state index contributed by atoms with van der Waals surface area (Å²) in [7, 11) is 0. The van der Waals surface area contributed by atoms with Crippen LogP contribution in [0.3, 0.4) is 0 Å². The number of benzene rings is 1. The molecule has 1 rings (SSSR count). The second kappa shape index (κ2) is 4.36. The smallest absolute Gasteiger partial charge is 0.0778 e. The summed E-state index contributed by atoms with van der Waals surface area (Å²) < 4.78 is 7.31. The van der Waals surface area contributed by atoms with E-state index in [1.165, 1.54) is 0 Å². The Morgan fingerprint density at radius 1 is 1.33 bits per heavy atom. The third-order valence-corrected chi connectivity index (χ3v) is 2.62.